The Morgan fingerprint density at radius 2 is 1.66 bits per heavy atom. The van der Waals surface area contributed by atoms with Crippen LogP contribution in [0, 0.1) is 0 Å². The van der Waals surface area contributed by atoms with Crippen molar-refractivity contribution < 1.29 is 17.6 Å². The molecule has 3 aromatic rings. The lowest BCUT2D eigenvalue weighted by atomic mass is 10.1. The van der Waals surface area contributed by atoms with E-state index in [2.05, 4.69) is 4.90 Å². The van der Waals surface area contributed by atoms with Crippen LogP contribution in [0.2, 0.25) is 5.02 Å². The Labute approximate surface area is 172 Å². The normalized spacial score (nSPS) is 15.7. The fourth-order valence-electron chi connectivity index (χ4n) is 3.53. The molecule has 2 aromatic carbocycles. The zero-order chi connectivity index (χ0) is 20.4. The van der Waals surface area contributed by atoms with Gasteiger partial charge in [0.15, 0.2) is 0 Å². The van der Waals surface area contributed by atoms with Gasteiger partial charge in [0.05, 0.1) is 17.1 Å². The van der Waals surface area contributed by atoms with Gasteiger partial charge in [-0.15, -0.1) is 0 Å². The van der Waals surface area contributed by atoms with Gasteiger partial charge in [0.2, 0.25) is 0 Å². The maximum atomic E-state index is 12.9. The topological polar surface area (TPSA) is 19.6 Å². The summed E-state index contributed by atoms with van der Waals surface area (Å²) in [7, 11) is 0. The van der Waals surface area contributed by atoms with Crippen LogP contribution in [0.15, 0.2) is 65.1 Å². The van der Waals surface area contributed by atoms with Gasteiger partial charge >= 0.3 is 6.18 Å². The van der Waals surface area contributed by atoms with E-state index in [0.717, 1.165) is 36.2 Å². The van der Waals surface area contributed by atoms with Gasteiger partial charge in [-0.2, -0.15) is 13.2 Å². The lowest BCUT2D eigenvalue weighted by molar-refractivity contribution is -0.137. The number of alkyl halides is 3. The number of hydrogen-bond donors (Lipinski definition) is 0. The van der Waals surface area contributed by atoms with Crippen LogP contribution in [-0.2, 0) is 12.7 Å². The summed E-state index contributed by atoms with van der Waals surface area (Å²) in [5, 5.41) is 0.642. The van der Waals surface area contributed by atoms with Gasteiger partial charge in [-0.25, -0.2) is 0 Å². The SMILES string of the molecule is FC(F)(F)c1cccc(N2CCN(Cc3ccc(-c4ccccc4Cl)o3)CC2)c1. The number of hydrogen-bond acceptors (Lipinski definition) is 3. The quantitative estimate of drug-likeness (QED) is 0.520. The number of halogens is 4. The third-order valence-corrected chi connectivity index (χ3v) is 5.42. The largest absolute Gasteiger partial charge is 0.460 e. The van der Waals surface area contributed by atoms with Crippen LogP contribution in [0.4, 0.5) is 18.9 Å². The van der Waals surface area contributed by atoms with Crippen molar-refractivity contribution >= 4 is 17.3 Å². The first kappa shape index (κ1) is 19.9. The minimum Gasteiger partial charge on any atom is -0.460 e. The summed E-state index contributed by atoms with van der Waals surface area (Å²) in [6, 6.07) is 16.9. The average molecular weight is 421 g/mol. The highest BCUT2D eigenvalue weighted by Gasteiger charge is 2.31. The van der Waals surface area contributed by atoms with Crippen LogP contribution in [0.1, 0.15) is 11.3 Å². The Balaban J connectivity index is 1.37. The Morgan fingerprint density at radius 1 is 0.897 bits per heavy atom. The number of piperazine rings is 1. The van der Waals surface area contributed by atoms with E-state index < -0.39 is 11.7 Å². The molecule has 1 aromatic heterocycles. The molecule has 4 rings (SSSR count). The van der Waals surface area contributed by atoms with Gasteiger partial charge < -0.3 is 9.32 Å². The first-order valence-electron chi connectivity index (χ1n) is 9.38. The van der Waals surface area contributed by atoms with E-state index in [9.17, 15) is 13.2 Å². The molecule has 29 heavy (non-hydrogen) atoms. The second kappa shape index (κ2) is 8.13. The molecule has 0 aliphatic carbocycles. The third-order valence-electron chi connectivity index (χ3n) is 5.09. The molecule has 0 radical (unpaired) electrons. The molecule has 0 atom stereocenters. The highest BCUT2D eigenvalue weighted by atomic mass is 35.5. The number of furan rings is 1. The Morgan fingerprint density at radius 3 is 2.38 bits per heavy atom. The van der Waals surface area contributed by atoms with E-state index in [1.807, 2.05) is 41.3 Å². The van der Waals surface area contributed by atoms with Gasteiger partial charge in [-0.05, 0) is 42.5 Å². The highest BCUT2D eigenvalue weighted by molar-refractivity contribution is 6.33. The van der Waals surface area contributed by atoms with E-state index >= 15 is 0 Å². The van der Waals surface area contributed by atoms with Crippen molar-refractivity contribution in [1.82, 2.24) is 4.90 Å². The predicted octanol–water partition coefficient (Wildman–Crippen LogP) is 5.94. The summed E-state index contributed by atoms with van der Waals surface area (Å²) in [6.45, 7) is 3.48. The summed E-state index contributed by atoms with van der Waals surface area (Å²) >= 11 is 6.23. The van der Waals surface area contributed by atoms with Gasteiger partial charge in [0.1, 0.15) is 11.5 Å². The van der Waals surface area contributed by atoms with Crippen LogP contribution in [0.25, 0.3) is 11.3 Å². The second-order valence-corrected chi connectivity index (χ2v) is 7.46. The van der Waals surface area contributed by atoms with E-state index in [0.29, 0.717) is 30.3 Å². The maximum Gasteiger partial charge on any atom is 0.416 e. The van der Waals surface area contributed by atoms with Crippen LogP contribution < -0.4 is 4.90 Å². The molecule has 3 nitrogen and oxygen atoms in total. The standard InChI is InChI=1S/C22H20ClF3N2O/c23-20-7-2-1-6-19(20)21-9-8-18(29-21)15-27-10-12-28(13-11-27)17-5-3-4-16(14-17)22(24,25)26/h1-9,14H,10-13,15H2. The number of nitrogens with zero attached hydrogens (tertiary/aromatic N) is 2. The molecule has 1 aliphatic rings. The number of rotatable bonds is 4. The minimum atomic E-state index is -4.32. The lowest BCUT2D eigenvalue weighted by Gasteiger charge is -2.35. The highest BCUT2D eigenvalue weighted by Crippen LogP contribution is 2.32. The molecule has 0 spiro atoms. The lowest BCUT2D eigenvalue weighted by Crippen LogP contribution is -2.46. The van der Waals surface area contributed by atoms with Crippen molar-refractivity contribution in [2.45, 2.75) is 12.7 Å². The van der Waals surface area contributed by atoms with Gasteiger partial charge in [-0.3, -0.25) is 4.90 Å². The molecule has 0 amide bonds. The number of anilines is 1. The van der Waals surface area contributed by atoms with E-state index in [-0.39, 0.29) is 0 Å². The van der Waals surface area contributed by atoms with Crippen molar-refractivity contribution in [3.05, 3.63) is 77.0 Å². The molecule has 7 heteroatoms. The zero-order valence-corrected chi connectivity index (χ0v) is 16.4. The molecule has 0 unspecified atom stereocenters. The van der Waals surface area contributed by atoms with Crippen LogP contribution in [0.3, 0.4) is 0 Å². The van der Waals surface area contributed by atoms with Crippen molar-refractivity contribution in [1.29, 1.82) is 0 Å². The molecule has 1 fully saturated rings. The average Bonchev–Trinajstić information content (AvgIpc) is 3.16. The smallest absolute Gasteiger partial charge is 0.416 e. The molecular weight excluding hydrogens is 401 g/mol. The number of benzene rings is 2. The van der Waals surface area contributed by atoms with Gasteiger partial charge in [-0.1, -0.05) is 29.8 Å². The Kier molecular flexibility index (Phi) is 5.56. The molecule has 0 bridgehead atoms. The summed E-state index contributed by atoms with van der Waals surface area (Å²) < 4.78 is 44.8. The van der Waals surface area contributed by atoms with Gasteiger partial charge in [0, 0.05) is 37.4 Å². The third kappa shape index (κ3) is 4.60. The first-order valence-corrected chi connectivity index (χ1v) is 9.76. The van der Waals surface area contributed by atoms with Crippen molar-refractivity contribution in [2.24, 2.45) is 0 Å². The summed E-state index contributed by atoms with van der Waals surface area (Å²) in [5.74, 6) is 1.57. The van der Waals surface area contributed by atoms with Crippen LogP contribution in [-0.4, -0.2) is 31.1 Å². The monoisotopic (exact) mass is 420 g/mol. The van der Waals surface area contributed by atoms with Crippen molar-refractivity contribution in [3.63, 3.8) is 0 Å². The summed E-state index contributed by atoms with van der Waals surface area (Å²) in [5.41, 5.74) is 0.855. The molecule has 152 valence electrons. The molecule has 0 N–H and O–H groups in total. The second-order valence-electron chi connectivity index (χ2n) is 7.06. The van der Waals surface area contributed by atoms with E-state index in [1.54, 1.807) is 6.07 Å². The maximum absolute atomic E-state index is 12.9. The molecular formula is C22H20ClF3N2O. The first-order chi connectivity index (χ1) is 13.9. The Bertz CT molecular complexity index is 978. The molecule has 1 aliphatic heterocycles. The zero-order valence-electron chi connectivity index (χ0n) is 15.6. The molecule has 1 saturated heterocycles. The minimum absolute atomic E-state index is 0.610. The van der Waals surface area contributed by atoms with Crippen molar-refractivity contribution in [3.8, 4) is 11.3 Å². The van der Waals surface area contributed by atoms with Crippen LogP contribution in [0.5, 0.6) is 0 Å². The van der Waals surface area contributed by atoms with Crippen molar-refractivity contribution in [2.75, 3.05) is 31.1 Å². The summed E-state index contributed by atoms with van der Waals surface area (Å²) in [4.78, 5) is 4.22. The summed E-state index contributed by atoms with van der Waals surface area (Å²) in [6.07, 6.45) is -4.32. The predicted molar refractivity (Wildman–Crippen MR) is 108 cm³/mol. The molecule has 0 saturated carbocycles. The van der Waals surface area contributed by atoms with E-state index in [4.69, 9.17) is 16.0 Å². The fraction of sp³-hybridized carbons (Fsp3) is 0.273. The fourth-order valence-corrected chi connectivity index (χ4v) is 3.76. The molecule has 2 heterocycles. The van der Waals surface area contributed by atoms with E-state index in [1.165, 1.54) is 12.1 Å². The van der Waals surface area contributed by atoms with Crippen LogP contribution >= 0.6 is 11.6 Å². The Hall–Kier alpha value is -2.44. The van der Waals surface area contributed by atoms with Gasteiger partial charge in [0.25, 0.3) is 0 Å².